The summed E-state index contributed by atoms with van der Waals surface area (Å²) in [6.45, 7) is 5.04. The van der Waals surface area contributed by atoms with Gasteiger partial charge in [0.25, 0.3) is 0 Å². The molecule has 0 aliphatic carbocycles. The third kappa shape index (κ3) is 3.21. The van der Waals surface area contributed by atoms with Crippen LogP contribution in [0.15, 0.2) is 18.2 Å². The molecule has 0 saturated carbocycles. The lowest BCUT2D eigenvalue weighted by molar-refractivity contribution is 0.183. The highest BCUT2D eigenvalue weighted by Gasteiger charge is 2.24. The molecule has 1 aliphatic rings. The third-order valence-electron chi connectivity index (χ3n) is 3.31. The Hall–Kier alpha value is -0.120. The van der Waals surface area contributed by atoms with Crippen LogP contribution in [0.3, 0.4) is 0 Å². The van der Waals surface area contributed by atoms with E-state index in [0.29, 0.717) is 10.7 Å². The predicted molar refractivity (Wildman–Crippen MR) is 73.2 cm³/mol. The van der Waals surface area contributed by atoms with Gasteiger partial charge < -0.3 is 0 Å². The van der Waals surface area contributed by atoms with Crippen LogP contribution in [0.25, 0.3) is 0 Å². The number of nitrogens with zero attached hydrogens (tertiary/aromatic N) is 1. The number of halogens is 3. The minimum atomic E-state index is -0.326. The summed E-state index contributed by atoms with van der Waals surface area (Å²) < 4.78 is 13.3. The summed E-state index contributed by atoms with van der Waals surface area (Å²) in [6, 6.07) is 5.02. The minimum Gasteiger partial charge on any atom is -0.299 e. The highest BCUT2D eigenvalue weighted by Crippen LogP contribution is 2.26. The first-order chi connectivity index (χ1) is 8.08. The van der Waals surface area contributed by atoms with E-state index in [1.54, 1.807) is 6.07 Å². The molecule has 2 unspecified atom stereocenters. The van der Waals surface area contributed by atoms with Gasteiger partial charge >= 0.3 is 0 Å². The van der Waals surface area contributed by atoms with Crippen LogP contribution >= 0.6 is 27.5 Å². The van der Waals surface area contributed by atoms with E-state index in [1.165, 1.54) is 6.07 Å². The number of alkyl halides is 1. The molecular formula is C13H16BrClFN. The van der Waals surface area contributed by atoms with E-state index in [2.05, 4.69) is 27.8 Å². The average molecular weight is 321 g/mol. The largest absolute Gasteiger partial charge is 0.299 e. The van der Waals surface area contributed by atoms with Gasteiger partial charge in [0.05, 0.1) is 5.02 Å². The second kappa shape index (κ2) is 5.68. The molecule has 1 fully saturated rings. The van der Waals surface area contributed by atoms with E-state index in [-0.39, 0.29) is 10.8 Å². The summed E-state index contributed by atoms with van der Waals surface area (Å²) >= 11 is 9.65. The quantitative estimate of drug-likeness (QED) is 0.742. The van der Waals surface area contributed by atoms with Gasteiger partial charge in [-0.3, -0.25) is 4.90 Å². The van der Waals surface area contributed by atoms with Gasteiger partial charge in [-0.15, -0.1) is 0 Å². The van der Waals surface area contributed by atoms with Gasteiger partial charge in [-0.05, 0) is 30.5 Å². The maximum atomic E-state index is 13.3. The zero-order valence-electron chi connectivity index (χ0n) is 9.80. The molecular weight excluding hydrogens is 305 g/mol. The summed E-state index contributed by atoms with van der Waals surface area (Å²) in [7, 11) is 0. The fourth-order valence-corrected chi connectivity index (χ4v) is 2.82. The van der Waals surface area contributed by atoms with Crippen LogP contribution < -0.4 is 0 Å². The van der Waals surface area contributed by atoms with Crippen LogP contribution in [0, 0.1) is 11.7 Å². The number of rotatable bonds is 2. The summed E-state index contributed by atoms with van der Waals surface area (Å²) in [5.74, 6) is 0.295. The molecule has 1 aromatic rings. The molecule has 0 amide bonds. The molecule has 1 aliphatic heterocycles. The van der Waals surface area contributed by atoms with Crippen molar-refractivity contribution in [2.24, 2.45) is 5.92 Å². The minimum absolute atomic E-state index is 0.265. The van der Waals surface area contributed by atoms with Crippen molar-refractivity contribution in [2.45, 2.75) is 24.7 Å². The monoisotopic (exact) mass is 319 g/mol. The lowest BCUT2D eigenvalue weighted by Gasteiger charge is -2.34. The maximum Gasteiger partial charge on any atom is 0.142 e. The van der Waals surface area contributed by atoms with Crippen molar-refractivity contribution < 1.29 is 4.39 Å². The van der Waals surface area contributed by atoms with Gasteiger partial charge in [0.1, 0.15) is 5.82 Å². The van der Waals surface area contributed by atoms with E-state index in [9.17, 15) is 4.39 Å². The van der Waals surface area contributed by atoms with Crippen molar-refractivity contribution in [3.8, 4) is 0 Å². The fourth-order valence-electron chi connectivity index (χ4n) is 2.26. The first kappa shape index (κ1) is 13.3. The summed E-state index contributed by atoms with van der Waals surface area (Å²) in [4.78, 5) is 2.94. The number of hydrogen-bond acceptors (Lipinski definition) is 1. The number of piperidine rings is 1. The number of hydrogen-bond donors (Lipinski definition) is 0. The van der Waals surface area contributed by atoms with E-state index in [1.807, 2.05) is 6.07 Å². The second-order valence-corrected chi connectivity index (χ2v) is 6.28. The van der Waals surface area contributed by atoms with Crippen LogP contribution in [0.4, 0.5) is 4.39 Å². The molecule has 1 nitrogen and oxygen atoms in total. The van der Waals surface area contributed by atoms with Crippen molar-refractivity contribution >= 4 is 27.5 Å². The second-order valence-electron chi connectivity index (χ2n) is 4.73. The highest BCUT2D eigenvalue weighted by molar-refractivity contribution is 9.09. The van der Waals surface area contributed by atoms with Crippen LogP contribution in [0.5, 0.6) is 0 Å². The molecule has 0 N–H and O–H groups in total. The van der Waals surface area contributed by atoms with E-state index in [0.717, 1.165) is 31.6 Å². The van der Waals surface area contributed by atoms with Gasteiger partial charge in [0.2, 0.25) is 0 Å². The number of likely N-dealkylation sites (tertiary alicyclic amines) is 1. The molecule has 0 bridgehead atoms. The molecule has 2 rings (SSSR count). The Bertz CT molecular complexity index is 399. The fraction of sp³-hybridized carbons (Fsp3) is 0.538. The Morgan fingerprint density at radius 2 is 2.29 bits per heavy atom. The molecule has 1 aromatic carbocycles. The Labute approximate surface area is 115 Å². The molecule has 17 heavy (non-hydrogen) atoms. The van der Waals surface area contributed by atoms with Gasteiger partial charge in [0.15, 0.2) is 0 Å². The first-order valence-corrected chi connectivity index (χ1v) is 7.16. The Balaban J connectivity index is 2.04. The SMILES string of the molecule is CC1CN(Cc2cccc(F)c2Cl)CCC1Br. The first-order valence-electron chi connectivity index (χ1n) is 5.87. The molecule has 1 heterocycles. The Morgan fingerprint density at radius 3 is 3.00 bits per heavy atom. The van der Waals surface area contributed by atoms with Crippen LogP contribution in [0.2, 0.25) is 5.02 Å². The highest BCUT2D eigenvalue weighted by atomic mass is 79.9. The summed E-state index contributed by atoms with van der Waals surface area (Å²) in [6.07, 6.45) is 1.13. The van der Waals surface area contributed by atoms with Gasteiger partial charge in [-0.2, -0.15) is 0 Å². The van der Waals surface area contributed by atoms with Crippen LogP contribution in [-0.4, -0.2) is 22.8 Å². The standard InChI is InChI=1S/C13H16BrClFN/c1-9-7-17(6-5-11(9)14)8-10-3-2-4-12(16)13(10)15/h2-4,9,11H,5-8H2,1H3. The van der Waals surface area contributed by atoms with Crippen molar-refractivity contribution in [2.75, 3.05) is 13.1 Å². The molecule has 4 heteroatoms. The van der Waals surface area contributed by atoms with Gasteiger partial charge in [-0.25, -0.2) is 4.39 Å². The van der Waals surface area contributed by atoms with Crippen LogP contribution in [0.1, 0.15) is 18.9 Å². The lowest BCUT2D eigenvalue weighted by Crippen LogP contribution is -2.39. The maximum absolute atomic E-state index is 13.3. The topological polar surface area (TPSA) is 3.24 Å². The summed E-state index contributed by atoms with van der Waals surface area (Å²) in [5.41, 5.74) is 0.881. The molecule has 94 valence electrons. The normalized spacial score (nSPS) is 26.1. The molecule has 0 radical (unpaired) electrons. The smallest absolute Gasteiger partial charge is 0.142 e. The molecule has 2 atom stereocenters. The van der Waals surface area contributed by atoms with Crippen molar-refractivity contribution in [1.82, 2.24) is 4.90 Å². The Morgan fingerprint density at radius 1 is 1.53 bits per heavy atom. The van der Waals surface area contributed by atoms with Crippen molar-refractivity contribution in [3.63, 3.8) is 0 Å². The predicted octanol–water partition coefficient (Wildman–Crippen LogP) is 4.08. The zero-order chi connectivity index (χ0) is 12.4. The molecule has 1 saturated heterocycles. The number of benzene rings is 1. The zero-order valence-corrected chi connectivity index (χ0v) is 12.1. The third-order valence-corrected chi connectivity index (χ3v) is 5.09. The lowest BCUT2D eigenvalue weighted by atomic mass is 9.99. The Kier molecular flexibility index (Phi) is 4.45. The van der Waals surface area contributed by atoms with Gasteiger partial charge in [0, 0.05) is 17.9 Å². The van der Waals surface area contributed by atoms with Crippen molar-refractivity contribution in [3.05, 3.63) is 34.6 Å². The summed E-state index contributed by atoms with van der Waals surface area (Å²) in [5, 5.41) is 0.265. The van der Waals surface area contributed by atoms with E-state index >= 15 is 0 Å². The van der Waals surface area contributed by atoms with Crippen LogP contribution in [-0.2, 0) is 6.54 Å². The van der Waals surface area contributed by atoms with E-state index in [4.69, 9.17) is 11.6 Å². The molecule has 0 spiro atoms. The molecule has 0 aromatic heterocycles. The average Bonchev–Trinajstić information content (AvgIpc) is 2.30. The van der Waals surface area contributed by atoms with E-state index < -0.39 is 0 Å². The van der Waals surface area contributed by atoms with Gasteiger partial charge in [-0.1, -0.05) is 46.6 Å². The van der Waals surface area contributed by atoms with Crippen molar-refractivity contribution in [1.29, 1.82) is 0 Å².